The highest BCUT2D eigenvalue weighted by Gasteiger charge is 2.24. The minimum Gasteiger partial charge on any atom is -0.311 e. The fourth-order valence-corrected chi connectivity index (χ4v) is 3.42. The smallest absolute Gasteiger partial charge is 0.303 e. The zero-order valence-electron chi connectivity index (χ0n) is 8.16. The van der Waals surface area contributed by atoms with Crippen LogP contribution in [0.1, 0.15) is 6.42 Å². The Morgan fingerprint density at radius 1 is 1.27 bits per heavy atom. The lowest BCUT2D eigenvalue weighted by Gasteiger charge is -2.26. The lowest BCUT2D eigenvalue weighted by molar-refractivity contribution is 0.540. The minimum atomic E-state index is -2.70. The van der Waals surface area contributed by atoms with Crippen molar-refractivity contribution in [2.24, 2.45) is 0 Å². The lowest BCUT2D eigenvalue weighted by atomic mass is 10.3. The second-order valence-corrected chi connectivity index (χ2v) is 5.85. The molecule has 82 valence electrons. The zero-order chi connectivity index (χ0) is 10.7. The molecule has 0 aromatic heterocycles. The highest BCUT2D eigenvalue weighted by molar-refractivity contribution is 7.61. The van der Waals surface area contributed by atoms with Gasteiger partial charge in [0.15, 0.2) is 0 Å². The third-order valence-corrected chi connectivity index (χ3v) is 4.40. The topological polar surface area (TPSA) is 53.2 Å². The van der Waals surface area contributed by atoms with E-state index >= 15 is 0 Å². The standard InChI is InChI=1S/C9H13ClN3OP/c10-8-4-1-2-5-9(8)13-15(14)11-6-3-7-12-15/h1-2,4-5H,3,6-7H2,(H3,11,12,13,14). The summed E-state index contributed by atoms with van der Waals surface area (Å²) in [6, 6.07) is 7.26. The number of rotatable bonds is 2. The normalized spacial score (nSPS) is 19.8. The second kappa shape index (κ2) is 4.54. The van der Waals surface area contributed by atoms with Gasteiger partial charge in [-0.2, -0.15) is 0 Å². The summed E-state index contributed by atoms with van der Waals surface area (Å²) in [5.41, 5.74) is 0.685. The van der Waals surface area contributed by atoms with Crippen LogP contribution in [0.3, 0.4) is 0 Å². The third kappa shape index (κ3) is 2.73. The molecule has 0 aliphatic carbocycles. The van der Waals surface area contributed by atoms with Gasteiger partial charge in [0, 0.05) is 13.1 Å². The van der Waals surface area contributed by atoms with E-state index in [-0.39, 0.29) is 0 Å². The molecule has 6 heteroatoms. The number of para-hydroxylation sites is 1. The van der Waals surface area contributed by atoms with Crippen molar-refractivity contribution in [2.45, 2.75) is 6.42 Å². The largest absolute Gasteiger partial charge is 0.311 e. The lowest BCUT2D eigenvalue weighted by Crippen LogP contribution is -2.34. The molecule has 1 saturated heterocycles. The summed E-state index contributed by atoms with van der Waals surface area (Å²) >= 11 is 5.97. The van der Waals surface area contributed by atoms with Gasteiger partial charge in [-0.1, -0.05) is 23.7 Å². The summed E-state index contributed by atoms with van der Waals surface area (Å²) in [7, 11) is -2.70. The van der Waals surface area contributed by atoms with Gasteiger partial charge in [-0.05, 0) is 18.6 Å². The summed E-state index contributed by atoms with van der Waals surface area (Å²) in [6.07, 6.45) is 0.980. The zero-order valence-corrected chi connectivity index (χ0v) is 9.81. The van der Waals surface area contributed by atoms with Gasteiger partial charge < -0.3 is 5.09 Å². The Balaban J connectivity index is 2.14. The molecule has 4 nitrogen and oxygen atoms in total. The Morgan fingerprint density at radius 3 is 2.60 bits per heavy atom. The fraction of sp³-hybridized carbons (Fsp3) is 0.333. The predicted octanol–water partition coefficient (Wildman–Crippen LogP) is 2.44. The Labute approximate surface area is 93.9 Å². The van der Waals surface area contributed by atoms with E-state index in [0.29, 0.717) is 10.7 Å². The van der Waals surface area contributed by atoms with Crippen LogP contribution >= 0.6 is 19.2 Å². The molecule has 1 aliphatic heterocycles. The van der Waals surface area contributed by atoms with Crippen molar-refractivity contribution >= 4 is 24.9 Å². The van der Waals surface area contributed by atoms with Crippen LogP contribution in [0.15, 0.2) is 24.3 Å². The predicted molar refractivity (Wildman–Crippen MR) is 63.3 cm³/mol. The van der Waals surface area contributed by atoms with Gasteiger partial charge in [0.25, 0.3) is 0 Å². The first-order chi connectivity index (χ1) is 7.20. The molecule has 1 aromatic carbocycles. The number of hydrogen-bond donors (Lipinski definition) is 3. The van der Waals surface area contributed by atoms with Crippen molar-refractivity contribution in [1.29, 1.82) is 0 Å². The van der Waals surface area contributed by atoms with E-state index in [0.717, 1.165) is 19.5 Å². The molecule has 3 N–H and O–H groups in total. The molecular weight excluding hydrogens is 233 g/mol. The maximum Gasteiger partial charge on any atom is 0.303 e. The van der Waals surface area contributed by atoms with Crippen LogP contribution in [0.5, 0.6) is 0 Å². The van der Waals surface area contributed by atoms with Crippen molar-refractivity contribution in [3.63, 3.8) is 0 Å². The van der Waals surface area contributed by atoms with E-state index in [9.17, 15) is 4.57 Å². The molecule has 1 aliphatic rings. The molecule has 1 heterocycles. The number of nitrogens with one attached hydrogen (secondary N) is 3. The fourth-order valence-electron chi connectivity index (χ4n) is 1.42. The Hall–Kier alpha value is -0.540. The van der Waals surface area contributed by atoms with Gasteiger partial charge in [0.05, 0.1) is 10.7 Å². The van der Waals surface area contributed by atoms with E-state index in [1.54, 1.807) is 12.1 Å². The van der Waals surface area contributed by atoms with E-state index in [2.05, 4.69) is 15.3 Å². The van der Waals surface area contributed by atoms with Gasteiger partial charge in [-0.25, -0.2) is 10.2 Å². The first-order valence-electron chi connectivity index (χ1n) is 4.83. The average molecular weight is 246 g/mol. The second-order valence-electron chi connectivity index (χ2n) is 3.37. The maximum atomic E-state index is 12.2. The number of halogens is 1. The van der Waals surface area contributed by atoms with Crippen molar-refractivity contribution in [3.05, 3.63) is 29.3 Å². The molecule has 0 bridgehead atoms. The van der Waals surface area contributed by atoms with Crippen molar-refractivity contribution in [1.82, 2.24) is 10.2 Å². The first-order valence-corrected chi connectivity index (χ1v) is 6.91. The third-order valence-electron chi connectivity index (χ3n) is 2.17. The summed E-state index contributed by atoms with van der Waals surface area (Å²) in [5.74, 6) is 0. The van der Waals surface area contributed by atoms with Crippen molar-refractivity contribution in [2.75, 3.05) is 18.2 Å². The van der Waals surface area contributed by atoms with E-state index < -0.39 is 7.59 Å². The van der Waals surface area contributed by atoms with Gasteiger partial charge in [0.2, 0.25) is 0 Å². The van der Waals surface area contributed by atoms with Gasteiger partial charge in [-0.15, -0.1) is 0 Å². The Morgan fingerprint density at radius 2 is 1.93 bits per heavy atom. The summed E-state index contributed by atoms with van der Waals surface area (Å²) in [5, 5.41) is 9.39. The highest BCUT2D eigenvalue weighted by Crippen LogP contribution is 2.40. The van der Waals surface area contributed by atoms with Crippen LogP contribution < -0.4 is 15.3 Å². The molecule has 0 unspecified atom stereocenters. The monoisotopic (exact) mass is 245 g/mol. The van der Waals surface area contributed by atoms with Gasteiger partial charge in [0.1, 0.15) is 0 Å². The summed E-state index contributed by atoms with van der Waals surface area (Å²) in [4.78, 5) is 0. The highest BCUT2D eigenvalue weighted by atomic mass is 35.5. The van der Waals surface area contributed by atoms with E-state index in [1.807, 2.05) is 12.1 Å². The summed E-state index contributed by atoms with van der Waals surface area (Å²) in [6.45, 7) is 1.50. The van der Waals surface area contributed by atoms with Crippen LogP contribution in [0.2, 0.25) is 5.02 Å². The molecular formula is C9H13ClN3OP. The number of anilines is 1. The maximum absolute atomic E-state index is 12.2. The molecule has 0 radical (unpaired) electrons. The Bertz CT molecular complexity index is 389. The van der Waals surface area contributed by atoms with Gasteiger partial charge in [-0.3, -0.25) is 4.57 Å². The molecule has 2 rings (SSSR count). The average Bonchev–Trinajstić information content (AvgIpc) is 2.22. The molecule has 1 fully saturated rings. The molecule has 0 spiro atoms. The molecule has 0 amide bonds. The van der Waals surface area contributed by atoms with Crippen LogP contribution in [0.4, 0.5) is 5.69 Å². The molecule has 15 heavy (non-hydrogen) atoms. The van der Waals surface area contributed by atoms with Crippen LogP contribution in [-0.4, -0.2) is 13.1 Å². The molecule has 1 aromatic rings. The van der Waals surface area contributed by atoms with Crippen LogP contribution in [0.25, 0.3) is 0 Å². The first kappa shape index (κ1) is 11.0. The number of hydrogen-bond acceptors (Lipinski definition) is 1. The Kier molecular flexibility index (Phi) is 3.32. The minimum absolute atomic E-state index is 0.571. The van der Waals surface area contributed by atoms with Crippen molar-refractivity contribution < 1.29 is 4.57 Å². The van der Waals surface area contributed by atoms with Crippen LogP contribution in [-0.2, 0) is 4.57 Å². The molecule has 0 saturated carbocycles. The van der Waals surface area contributed by atoms with E-state index in [1.165, 1.54) is 0 Å². The quantitative estimate of drug-likeness (QED) is 0.701. The van der Waals surface area contributed by atoms with E-state index in [4.69, 9.17) is 11.6 Å². The number of benzene rings is 1. The SMILES string of the molecule is O=P1(Nc2ccccc2Cl)NCCCN1. The van der Waals surface area contributed by atoms with Gasteiger partial charge >= 0.3 is 7.59 Å². The van der Waals surface area contributed by atoms with Crippen LogP contribution in [0, 0.1) is 0 Å². The molecule has 0 atom stereocenters. The van der Waals surface area contributed by atoms with Crippen molar-refractivity contribution in [3.8, 4) is 0 Å². The summed E-state index contributed by atoms with van der Waals surface area (Å²) < 4.78 is 12.2.